The minimum atomic E-state index is 0.441. The fraction of sp³-hybridized carbons (Fsp3) is 0.385. The van der Waals surface area contributed by atoms with Crippen LogP contribution in [0.5, 0.6) is 0 Å². The topological polar surface area (TPSA) is 56.7 Å². The van der Waals surface area contributed by atoms with E-state index in [-0.39, 0.29) is 0 Å². The molecule has 0 aromatic carbocycles. The summed E-state index contributed by atoms with van der Waals surface area (Å²) in [4.78, 5) is 8.51. The fourth-order valence-corrected chi connectivity index (χ4v) is 1.80. The van der Waals surface area contributed by atoms with Crippen molar-refractivity contribution in [2.24, 2.45) is 5.73 Å². The summed E-state index contributed by atoms with van der Waals surface area (Å²) in [5.41, 5.74) is 7.54. The molecule has 17 heavy (non-hydrogen) atoms. The SMILES string of the molecule is C[C@@H](CCCN)n1cnc(-c2cccnc2)c1. The summed E-state index contributed by atoms with van der Waals surface area (Å²) < 4.78 is 2.14. The third-order valence-corrected chi connectivity index (χ3v) is 2.89. The Bertz CT molecular complexity index is 449. The Kier molecular flexibility index (Phi) is 3.88. The molecule has 2 N–H and O–H groups in total. The van der Waals surface area contributed by atoms with Crippen molar-refractivity contribution in [1.29, 1.82) is 0 Å². The minimum Gasteiger partial charge on any atom is -0.334 e. The van der Waals surface area contributed by atoms with Gasteiger partial charge < -0.3 is 10.3 Å². The molecule has 0 aliphatic carbocycles. The van der Waals surface area contributed by atoms with Crippen LogP contribution in [0.2, 0.25) is 0 Å². The molecule has 2 rings (SSSR count). The first-order chi connectivity index (χ1) is 8.31. The van der Waals surface area contributed by atoms with E-state index >= 15 is 0 Å². The maximum absolute atomic E-state index is 5.52. The van der Waals surface area contributed by atoms with Gasteiger partial charge in [0.25, 0.3) is 0 Å². The summed E-state index contributed by atoms with van der Waals surface area (Å²) >= 11 is 0. The van der Waals surface area contributed by atoms with Crippen molar-refractivity contribution in [2.45, 2.75) is 25.8 Å². The molecule has 2 aromatic rings. The summed E-state index contributed by atoms with van der Waals surface area (Å²) in [6.07, 6.45) is 9.67. The number of hydrogen-bond acceptors (Lipinski definition) is 3. The van der Waals surface area contributed by atoms with Crippen molar-refractivity contribution in [3.05, 3.63) is 37.1 Å². The van der Waals surface area contributed by atoms with Gasteiger partial charge in [0.1, 0.15) is 0 Å². The highest BCUT2D eigenvalue weighted by Crippen LogP contribution is 2.19. The van der Waals surface area contributed by atoms with E-state index in [1.807, 2.05) is 24.7 Å². The quantitative estimate of drug-likeness (QED) is 0.857. The number of nitrogens with zero attached hydrogens (tertiary/aromatic N) is 3. The molecule has 0 aliphatic rings. The van der Waals surface area contributed by atoms with Crippen molar-refractivity contribution < 1.29 is 0 Å². The molecule has 90 valence electrons. The number of hydrogen-bond donors (Lipinski definition) is 1. The third-order valence-electron chi connectivity index (χ3n) is 2.89. The van der Waals surface area contributed by atoms with E-state index in [4.69, 9.17) is 5.73 Å². The first kappa shape index (κ1) is 11.8. The molecule has 0 spiro atoms. The van der Waals surface area contributed by atoms with E-state index in [9.17, 15) is 0 Å². The highest BCUT2D eigenvalue weighted by Gasteiger charge is 2.07. The maximum Gasteiger partial charge on any atom is 0.0956 e. The molecule has 0 unspecified atom stereocenters. The van der Waals surface area contributed by atoms with Crippen LogP contribution in [0, 0.1) is 0 Å². The predicted octanol–water partition coefficient (Wildman–Crippen LogP) is 2.25. The van der Waals surface area contributed by atoms with E-state index < -0.39 is 0 Å². The molecule has 0 bridgehead atoms. The Labute approximate surface area is 102 Å². The van der Waals surface area contributed by atoms with Crippen LogP contribution in [0.3, 0.4) is 0 Å². The van der Waals surface area contributed by atoms with Crippen molar-refractivity contribution >= 4 is 0 Å². The van der Waals surface area contributed by atoms with Gasteiger partial charge in [0.15, 0.2) is 0 Å². The van der Waals surface area contributed by atoms with Gasteiger partial charge in [-0.2, -0.15) is 0 Å². The molecule has 2 heterocycles. The van der Waals surface area contributed by atoms with Crippen LogP contribution >= 0.6 is 0 Å². The molecule has 0 aliphatic heterocycles. The summed E-state index contributed by atoms with van der Waals surface area (Å²) in [6.45, 7) is 2.93. The van der Waals surface area contributed by atoms with Gasteiger partial charge in [-0.15, -0.1) is 0 Å². The average molecular weight is 230 g/mol. The zero-order valence-electron chi connectivity index (χ0n) is 10.1. The third kappa shape index (κ3) is 2.91. The van der Waals surface area contributed by atoms with Crippen LogP contribution in [0.15, 0.2) is 37.1 Å². The Hall–Kier alpha value is -1.68. The van der Waals surface area contributed by atoms with Crippen molar-refractivity contribution in [3.8, 4) is 11.3 Å². The molecule has 0 radical (unpaired) electrons. The van der Waals surface area contributed by atoms with Crippen LogP contribution in [-0.4, -0.2) is 21.1 Å². The van der Waals surface area contributed by atoms with Crippen molar-refractivity contribution in [2.75, 3.05) is 6.54 Å². The van der Waals surface area contributed by atoms with Crippen LogP contribution in [0.1, 0.15) is 25.8 Å². The molecular formula is C13H18N4. The molecule has 0 fully saturated rings. The van der Waals surface area contributed by atoms with E-state index in [1.165, 1.54) is 0 Å². The first-order valence-corrected chi connectivity index (χ1v) is 5.95. The Morgan fingerprint density at radius 2 is 2.35 bits per heavy atom. The molecule has 4 nitrogen and oxygen atoms in total. The molecule has 2 aromatic heterocycles. The second-order valence-corrected chi connectivity index (χ2v) is 4.23. The molecule has 1 atom stereocenters. The van der Waals surface area contributed by atoms with E-state index in [0.717, 1.165) is 30.6 Å². The summed E-state index contributed by atoms with van der Waals surface area (Å²) in [6, 6.07) is 4.38. The maximum atomic E-state index is 5.52. The molecule has 0 amide bonds. The van der Waals surface area contributed by atoms with Crippen LogP contribution in [0.4, 0.5) is 0 Å². The van der Waals surface area contributed by atoms with Crippen molar-refractivity contribution in [1.82, 2.24) is 14.5 Å². The fourth-order valence-electron chi connectivity index (χ4n) is 1.80. The van der Waals surface area contributed by atoms with Gasteiger partial charge in [-0.1, -0.05) is 0 Å². The van der Waals surface area contributed by atoms with E-state index in [1.54, 1.807) is 6.20 Å². The summed E-state index contributed by atoms with van der Waals surface area (Å²) in [7, 11) is 0. The molecule has 4 heteroatoms. The summed E-state index contributed by atoms with van der Waals surface area (Å²) in [5, 5.41) is 0. The van der Waals surface area contributed by atoms with Gasteiger partial charge in [0, 0.05) is 30.2 Å². The van der Waals surface area contributed by atoms with Gasteiger partial charge in [-0.25, -0.2) is 4.98 Å². The smallest absolute Gasteiger partial charge is 0.0956 e. The number of nitrogens with two attached hydrogens (primary N) is 1. The molecule has 0 saturated carbocycles. The molecule has 0 saturated heterocycles. The zero-order valence-corrected chi connectivity index (χ0v) is 10.1. The van der Waals surface area contributed by atoms with Gasteiger partial charge in [-0.3, -0.25) is 4.98 Å². The normalized spacial score (nSPS) is 12.6. The van der Waals surface area contributed by atoms with Crippen molar-refractivity contribution in [3.63, 3.8) is 0 Å². The zero-order chi connectivity index (χ0) is 12.1. The second-order valence-electron chi connectivity index (χ2n) is 4.23. The van der Waals surface area contributed by atoms with Gasteiger partial charge in [0.05, 0.1) is 12.0 Å². The Balaban J connectivity index is 2.11. The standard InChI is InChI=1S/C13H18N4/c1-11(4-2-6-14)17-9-13(16-10-17)12-5-3-7-15-8-12/h3,5,7-11H,2,4,6,14H2,1H3/t11-/m0/s1. The van der Waals surface area contributed by atoms with Gasteiger partial charge in [0.2, 0.25) is 0 Å². The number of aromatic nitrogens is 3. The number of rotatable bonds is 5. The minimum absolute atomic E-state index is 0.441. The van der Waals surface area contributed by atoms with Crippen LogP contribution < -0.4 is 5.73 Å². The Morgan fingerprint density at radius 1 is 1.47 bits per heavy atom. The summed E-state index contributed by atoms with van der Waals surface area (Å²) in [5.74, 6) is 0. The highest BCUT2D eigenvalue weighted by atomic mass is 15.1. The Morgan fingerprint density at radius 3 is 3.06 bits per heavy atom. The lowest BCUT2D eigenvalue weighted by Gasteiger charge is -2.11. The lowest BCUT2D eigenvalue weighted by Crippen LogP contribution is -2.06. The van der Waals surface area contributed by atoms with Crippen LogP contribution in [-0.2, 0) is 0 Å². The monoisotopic (exact) mass is 230 g/mol. The second kappa shape index (κ2) is 5.59. The van der Waals surface area contributed by atoms with E-state index in [2.05, 4.69) is 27.7 Å². The van der Waals surface area contributed by atoms with Crippen LogP contribution in [0.25, 0.3) is 11.3 Å². The predicted molar refractivity (Wildman–Crippen MR) is 68.5 cm³/mol. The number of pyridine rings is 1. The molecular weight excluding hydrogens is 212 g/mol. The van der Waals surface area contributed by atoms with E-state index in [0.29, 0.717) is 6.04 Å². The van der Waals surface area contributed by atoms with Gasteiger partial charge >= 0.3 is 0 Å². The average Bonchev–Trinajstić information content (AvgIpc) is 2.86. The first-order valence-electron chi connectivity index (χ1n) is 5.95. The lowest BCUT2D eigenvalue weighted by atomic mass is 10.2. The van der Waals surface area contributed by atoms with Gasteiger partial charge in [-0.05, 0) is 38.4 Å². The highest BCUT2D eigenvalue weighted by molar-refractivity contribution is 5.56. The largest absolute Gasteiger partial charge is 0.334 e. The lowest BCUT2D eigenvalue weighted by molar-refractivity contribution is 0.492. The number of imidazole rings is 1.